The largest absolute Gasteiger partial charge is 0.367 e. The van der Waals surface area contributed by atoms with Gasteiger partial charge >= 0.3 is 0 Å². The quantitative estimate of drug-likeness (QED) is 0.571. The average molecular weight is 392 g/mol. The van der Waals surface area contributed by atoms with Crippen LogP contribution >= 0.6 is 11.3 Å². The molecule has 0 spiro atoms. The van der Waals surface area contributed by atoms with Gasteiger partial charge in [-0.3, -0.25) is 9.89 Å². The highest BCUT2D eigenvalue weighted by atomic mass is 32.1. The summed E-state index contributed by atoms with van der Waals surface area (Å²) < 4.78 is 1.59. The number of aromatic amines is 1. The Morgan fingerprint density at radius 3 is 2.61 bits per heavy atom. The zero-order valence-corrected chi connectivity index (χ0v) is 16.5. The van der Waals surface area contributed by atoms with Crippen molar-refractivity contribution in [3.05, 3.63) is 57.3 Å². The number of piperidine rings is 1. The second kappa shape index (κ2) is 6.91. The van der Waals surface area contributed by atoms with Crippen LogP contribution in [0.5, 0.6) is 0 Å². The number of benzene rings is 1. The lowest BCUT2D eigenvalue weighted by Crippen LogP contribution is -2.30. The Hall–Kier alpha value is -2.93. The summed E-state index contributed by atoms with van der Waals surface area (Å²) in [6.07, 6.45) is 3.57. The average Bonchev–Trinajstić information content (AvgIpc) is 3.38. The number of nitrogens with zero attached hydrogens (tertiary/aromatic N) is 4. The maximum Gasteiger partial charge on any atom is 0.282 e. The van der Waals surface area contributed by atoms with Gasteiger partial charge in [0.05, 0.1) is 28.2 Å². The van der Waals surface area contributed by atoms with E-state index in [4.69, 9.17) is 4.98 Å². The lowest BCUT2D eigenvalue weighted by molar-refractivity contribution is 0.579. The maximum absolute atomic E-state index is 13.4. The van der Waals surface area contributed by atoms with E-state index in [9.17, 15) is 4.79 Å². The first-order valence-electron chi connectivity index (χ1n) is 9.58. The second-order valence-corrected chi connectivity index (χ2v) is 7.88. The van der Waals surface area contributed by atoms with E-state index in [1.807, 2.05) is 30.5 Å². The zero-order valence-electron chi connectivity index (χ0n) is 15.7. The molecule has 1 fully saturated rings. The number of hydrogen-bond donors (Lipinski definition) is 1. The van der Waals surface area contributed by atoms with E-state index in [0.717, 1.165) is 42.9 Å². The summed E-state index contributed by atoms with van der Waals surface area (Å²) in [4.78, 5) is 24.9. The summed E-state index contributed by atoms with van der Waals surface area (Å²) in [5, 5.41) is 5.24. The van der Waals surface area contributed by atoms with Crippen molar-refractivity contribution in [3.63, 3.8) is 0 Å². The first-order valence-corrected chi connectivity index (χ1v) is 10.5. The Labute approximate surface area is 166 Å². The van der Waals surface area contributed by atoms with Gasteiger partial charge in [0.2, 0.25) is 0 Å². The lowest BCUT2D eigenvalue weighted by atomic mass is 10.1. The van der Waals surface area contributed by atoms with E-state index in [-0.39, 0.29) is 5.56 Å². The number of fused-ring (bicyclic) bond motifs is 1. The summed E-state index contributed by atoms with van der Waals surface area (Å²) in [5.74, 6) is 0. The number of aromatic nitrogens is 4. The van der Waals surface area contributed by atoms with Gasteiger partial charge in [-0.15, -0.1) is 11.3 Å². The Morgan fingerprint density at radius 1 is 1.11 bits per heavy atom. The SMILES string of the molecule is Cc1nc2c(N3CCCCC3)c(-c3ccccc3)[nH]n2c(=O)c1-c1cscn1. The molecule has 7 heteroatoms. The molecule has 3 aromatic heterocycles. The minimum absolute atomic E-state index is 0.103. The van der Waals surface area contributed by atoms with Gasteiger partial charge in [-0.05, 0) is 26.2 Å². The Bertz CT molecular complexity index is 1170. The van der Waals surface area contributed by atoms with Crippen LogP contribution in [0.1, 0.15) is 25.0 Å². The van der Waals surface area contributed by atoms with Crippen LogP contribution in [0.2, 0.25) is 0 Å². The van der Waals surface area contributed by atoms with E-state index in [1.165, 1.54) is 17.8 Å². The molecule has 1 saturated heterocycles. The predicted octanol–water partition coefficient (Wildman–Crippen LogP) is 4.11. The van der Waals surface area contributed by atoms with E-state index in [2.05, 4.69) is 27.1 Å². The standard InChI is InChI=1S/C21H21N5OS/c1-14-17(16-12-28-13-22-16)21(27)26-20(23-14)19(25-10-6-3-7-11-25)18(24-26)15-8-4-2-5-9-15/h2,4-5,8-9,12-13,24H,3,6-7,10-11H2,1H3. The van der Waals surface area contributed by atoms with Gasteiger partial charge in [-0.1, -0.05) is 30.3 Å². The molecule has 1 aromatic carbocycles. The smallest absolute Gasteiger partial charge is 0.282 e. The fourth-order valence-electron chi connectivity index (χ4n) is 4.02. The molecular formula is C21H21N5OS. The normalized spacial score (nSPS) is 14.7. The number of thiazole rings is 1. The molecule has 0 unspecified atom stereocenters. The van der Waals surface area contributed by atoms with Gasteiger partial charge in [-0.2, -0.15) is 4.52 Å². The summed E-state index contributed by atoms with van der Waals surface area (Å²) >= 11 is 1.48. The van der Waals surface area contributed by atoms with Gasteiger partial charge in [0.25, 0.3) is 5.56 Å². The number of aryl methyl sites for hydroxylation is 1. The summed E-state index contributed by atoms with van der Waals surface area (Å²) in [7, 11) is 0. The molecule has 4 aromatic rings. The number of anilines is 1. The maximum atomic E-state index is 13.4. The molecule has 142 valence electrons. The molecule has 1 aliphatic rings. The van der Waals surface area contributed by atoms with Gasteiger partial charge in [0.1, 0.15) is 5.69 Å². The number of hydrogen-bond acceptors (Lipinski definition) is 5. The second-order valence-electron chi connectivity index (χ2n) is 7.16. The van der Waals surface area contributed by atoms with Crippen molar-refractivity contribution >= 4 is 22.7 Å². The molecule has 1 N–H and O–H groups in total. The molecule has 0 aliphatic carbocycles. The molecule has 0 atom stereocenters. The van der Waals surface area contributed by atoms with Crippen molar-refractivity contribution in [2.75, 3.05) is 18.0 Å². The van der Waals surface area contributed by atoms with E-state index in [0.29, 0.717) is 22.6 Å². The fourth-order valence-corrected chi connectivity index (χ4v) is 4.56. The number of nitrogens with one attached hydrogen (secondary N) is 1. The molecule has 0 saturated carbocycles. The number of H-pyrrole nitrogens is 1. The van der Waals surface area contributed by atoms with Crippen LogP contribution in [0.25, 0.3) is 28.2 Å². The fraction of sp³-hybridized carbons (Fsp3) is 0.286. The van der Waals surface area contributed by atoms with Crippen LogP contribution in [-0.4, -0.2) is 32.7 Å². The molecule has 6 nitrogen and oxygen atoms in total. The van der Waals surface area contributed by atoms with Crippen LogP contribution < -0.4 is 10.5 Å². The van der Waals surface area contributed by atoms with Crippen molar-refractivity contribution in [3.8, 4) is 22.5 Å². The van der Waals surface area contributed by atoms with Crippen LogP contribution in [0.4, 0.5) is 5.69 Å². The summed E-state index contributed by atoms with van der Waals surface area (Å²) in [6.45, 7) is 3.86. The van der Waals surface area contributed by atoms with E-state index >= 15 is 0 Å². The third-order valence-electron chi connectivity index (χ3n) is 5.36. The first kappa shape index (κ1) is 17.2. The Morgan fingerprint density at radius 2 is 1.89 bits per heavy atom. The molecule has 0 bridgehead atoms. The third-order valence-corrected chi connectivity index (χ3v) is 5.95. The molecular weight excluding hydrogens is 370 g/mol. The Balaban J connectivity index is 1.81. The van der Waals surface area contributed by atoms with Gasteiger partial charge in [0, 0.05) is 24.0 Å². The highest BCUT2D eigenvalue weighted by molar-refractivity contribution is 7.07. The molecule has 28 heavy (non-hydrogen) atoms. The van der Waals surface area contributed by atoms with Gasteiger partial charge < -0.3 is 4.90 Å². The lowest BCUT2D eigenvalue weighted by Gasteiger charge is -2.28. The van der Waals surface area contributed by atoms with Crippen molar-refractivity contribution in [1.82, 2.24) is 19.6 Å². The molecule has 4 heterocycles. The van der Waals surface area contributed by atoms with Crippen molar-refractivity contribution in [2.24, 2.45) is 0 Å². The molecule has 5 rings (SSSR count). The van der Waals surface area contributed by atoms with Crippen molar-refractivity contribution in [2.45, 2.75) is 26.2 Å². The highest BCUT2D eigenvalue weighted by Crippen LogP contribution is 2.35. The van der Waals surface area contributed by atoms with Crippen LogP contribution in [0.3, 0.4) is 0 Å². The monoisotopic (exact) mass is 391 g/mol. The predicted molar refractivity (Wildman–Crippen MR) is 113 cm³/mol. The van der Waals surface area contributed by atoms with Crippen LogP contribution in [0, 0.1) is 6.92 Å². The molecule has 1 aliphatic heterocycles. The van der Waals surface area contributed by atoms with Gasteiger partial charge in [0.15, 0.2) is 5.65 Å². The molecule has 0 radical (unpaired) electrons. The highest BCUT2D eigenvalue weighted by Gasteiger charge is 2.25. The van der Waals surface area contributed by atoms with Crippen molar-refractivity contribution < 1.29 is 0 Å². The first-order chi connectivity index (χ1) is 13.7. The Kier molecular flexibility index (Phi) is 4.24. The topological polar surface area (TPSA) is 66.3 Å². The van der Waals surface area contributed by atoms with E-state index < -0.39 is 0 Å². The van der Waals surface area contributed by atoms with Crippen LogP contribution in [0.15, 0.2) is 46.0 Å². The third kappa shape index (κ3) is 2.74. The van der Waals surface area contributed by atoms with E-state index in [1.54, 1.807) is 10.0 Å². The molecule has 0 amide bonds. The summed E-state index contributed by atoms with van der Waals surface area (Å²) in [6, 6.07) is 10.2. The zero-order chi connectivity index (χ0) is 19.1. The minimum Gasteiger partial charge on any atom is -0.367 e. The number of rotatable bonds is 3. The van der Waals surface area contributed by atoms with Crippen LogP contribution in [-0.2, 0) is 0 Å². The van der Waals surface area contributed by atoms with Crippen molar-refractivity contribution in [1.29, 1.82) is 0 Å². The minimum atomic E-state index is -0.103. The summed E-state index contributed by atoms with van der Waals surface area (Å²) in [5.41, 5.74) is 7.32. The van der Waals surface area contributed by atoms with Gasteiger partial charge in [-0.25, -0.2) is 9.97 Å².